The molecule has 1 atom stereocenters. The first-order chi connectivity index (χ1) is 16.1. The number of fused-ring (bicyclic) bond motifs is 1. The number of carbonyl (C=O) groups is 1. The number of aromatic nitrogens is 1. The van der Waals surface area contributed by atoms with Crippen molar-refractivity contribution in [1.29, 1.82) is 0 Å². The molecule has 0 saturated carbocycles. The Morgan fingerprint density at radius 3 is 2.85 bits per heavy atom. The minimum atomic E-state index is -0.417. The van der Waals surface area contributed by atoms with E-state index in [1.54, 1.807) is 28.4 Å². The highest BCUT2D eigenvalue weighted by Crippen LogP contribution is 2.31. The van der Waals surface area contributed by atoms with Crippen LogP contribution in [0.25, 0.3) is 21.5 Å². The molecule has 0 spiro atoms. The summed E-state index contributed by atoms with van der Waals surface area (Å²) in [6.07, 6.45) is 1.90. The first-order valence-corrected chi connectivity index (χ1v) is 12.1. The van der Waals surface area contributed by atoms with Crippen molar-refractivity contribution in [2.45, 2.75) is 32.4 Å². The lowest BCUT2D eigenvalue weighted by Gasteiger charge is -2.26. The Labute approximate surface area is 196 Å². The van der Waals surface area contributed by atoms with Crippen LogP contribution in [0, 0.1) is 12.7 Å². The van der Waals surface area contributed by atoms with Gasteiger partial charge in [-0.05, 0) is 72.7 Å². The van der Waals surface area contributed by atoms with Crippen molar-refractivity contribution in [3.8, 4) is 10.6 Å². The predicted octanol–water partition coefficient (Wildman–Crippen LogP) is 6.23. The fraction of sp³-hybridized carbons (Fsp3) is 0.259. The molecule has 2 aromatic carbocycles. The van der Waals surface area contributed by atoms with Crippen LogP contribution in [0.1, 0.15) is 34.3 Å². The van der Waals surface area contributed by atoms with Crippen molar-refractivity contribution in [1.82, 2.24) is 9.88 Å². The van der Waals surface area contributed by atoms with Gasteiger partial charge in [-0.1, -0.05) is 24.3 Å². The van der Waals surface area contributed by atoms with Crippen LogP contribution < -0.4 is 0 Å². The maximum absolute atomic E-state index is 13.9. The number of rotatable bonds is 6. The number of hydrogen-bond donors (Lipinski definition) is 0. The highest BCUT2D eigenvalue weighted by Gasteiger charge is 2.25. The van der Waals surface area contributed by atoms with Crippen LogP contribution in [0.3, 0.4) is 0 Å². The molecule has 2 aromatic heterocycles. The fourth-order valence-corrected chi connectivity index (χ4v) is 5.08. The van der Waals surface area contributed by atoms with Gasteiger partial charge >= 0.3 is 0 Å². The van der Waals surface area contributed by atoms with Gasteiger partial charge in [0.2, 0.25) is 0 Å². The van der Waals surface area contributed by atoms with Gasteiger partial charge in [0.05, 0.1) is 22.2 Å². The number of carbonyl (C=O) groups excluding carboxylic acids is 1. The number of aryl methyl sites for hydroxylation is 1. The second-order valence-electron chi connectivity index (χ2n) is 8.50. The Kier molecular flexibility index (Phi) is 6.20. The van der Waals surface area contributed by atoms with Gasteiger partial charge in [0, 0.05) is 30.6 Å². The highest BCUT2D eigenvalue weighted by molar-refractivity contribution is 7.13. The van der Waals surface area contributed by atoms with Crippen molar-refractivity contribution >= 4 is 28.1 Å². The van der Waals surface area contributed by atoms with E-state index >= 15 is 0 Å². The third-order valence-corrected chi connectivity index (χ3v) is 6.85. The van der Waals surface area contributed by atoms with Gasteiger partial charge in [0.1, 0.15) is 5.82 Å². The van der Waals surface area contributed by atoms with E-state index in [2.05, 4.69) is 37.3 Å². The Morgan fingerprint density at radius 2 is 2.09 bits per heavy atom. The van der Waals surface area contributed by atoms with Crippen molar-refractivity contribution in [3.05, 3.63) is 88.6 Å². The summed E-state index contributed by atoms with van der Waals surface area (Å²) in [5.41, 5.74) is 4.28. The molecule has 4 aromatic rings. The topological polar surface area (TPSA) is 42.4 Å². The van der Waals surface area contributed by atoms with Crippen molar-refractivity contribution in [2.75, 3.05) is 13.2 Å². The molecular formula is C27H25FN2O2S. The van der Waals surface area contributed by atoms with E-state index < -0.39 is 5.82 Å². The van der Waals surface area contributed by atoms with Crippen LogP contribution in [-0.4, -0.2) is 35.0 Å². The number of amides is 1. The zero-order chi connectivity index (χ0) is 22.8. The fourth-order valence-electron chi connectivity index (χ4n) is 4.33. The summed E-state index contributed by atoms with van der Waals surface area (Å²) in [7, 11) is 0. The predicted molar refractivity (Wildman–Crippen MR) is 130 cm³/mol. The molecule has 33 heavy (non-hydrogen) atoms. The van der Waals surface area contributed by atoms with Gasteiger partial charge in [-0.25, -0.2) is 9.37 Å². The quantitative estimate of drug-likeness (QED) is 0.342. The number of hydrogen-bond acceptors (Lipinski definition) is 4. The summed E-state index contributed by atoms with van der Waals surface area (Å²) in [5.74, 6) is -0.619. The SMILES string of the molecule is Cc1ccc2cc(CN(C[C@@H]3CCCO3)C(=O)c3cccc(F)c3)c(-c3cccs3)nc2c1. The lowest BCUT2D eigenvalue weighted by Crippen LogP contribution is -2.37. The number of halogens is 1. The normalized spacial score (nSPS) is 15.8. The van der Waals surface area contributed by atoms with Crippen LogP contribution in [0.15, 0.2) is 66.0 Å². The lowest BCUT2D eigenvalue weighted by molar-refractivity contribution is 0.0507. The minimum absolute atomic E-state index is 0.0104. The van der Waals surface area contributed by atoms with Gasteiger partial charge in [-0.15, -0.1) is 11.3 Å². The summed E-state index contributed by atoms with van der Waals surface area (Å²) in [4.78, 5) is 21.3. The summed E-state index contributed by atoms with van der Waals surface area (Å²) in [6, 6.07) is 18.3. The monoisotopic (exact) mass is 460 g/mol. The van der Waals surface area contributed by atoms with Gasteiger partial charge in [0.25, 0.3) is 5.91 Å². The zero-order valence-corrected chi connectivity index (χ0v) is 19.3. The Bertz CT molecular complexity index is 1280. The Hall–Kier alpha value is -3.09. The van der Waals surface area contributed by atoms with Crippen LogP contribution in [0.2, 0.25) is 0 Å². The van der Waals surface area contributed by atoms with Crippen LogP contribution in [0.4, 0.5) is 4.39 Å². The molecule has 0 bridgehead atoms. The molecule has 1 fully saturated rings. The molecule has 4 nitrogen and oxygen atoms in total. The van der Waals surface area contributed by atoms with E-state index in [9.17, 15) is 9.18 Å². The maximum Gasteiger partial charge on any atom is 0.254 e. The maximum atomic E-state index is 13.9. The molecule has 0 aliphatic carbocycles. The highest BCUT2D eigenvalue weighted by atomic mass is 32.1. The number of ether oxygens (including phenoxy) is 1. The number of pyridine rings is 1. The van der Waals surface area contributed by atoms with E-state index in [-0.39, 0.29) is 12.0 Å². The summed E-state index contributed by atoms with van der Waals surface area (Å²) in [5, 5.41) is 3.06. The van der Waals surface area contributed by atoms with Gasteiger partial charge < -0.3 is 9.64 Å². The first kappa shape index (κ1) is 21.7. The van der Waals surface area contributed by atoms with Crippen LogP contribution in [0.5, 0.6) is 0 Å². The van der Waals surface area contributed by atoms with Crippen LogP contribution in [-0.2, 0) is 11.3 Å². The molecule has 168 valence electrons. The van der Waals surface area contributed by atoms with E-state index in [4.69, 9.17) is 9.72 Å². The Morgan fingerprint density at radius 1 is 1.18 bits per heavy atom. The number of thiophene rings is 1. The summed E-state index contributed by atoms with van der Waals surface area (Å²) in [6.45, 7) is 3.61. The molecule has 0 unspecified atom stereocenters. The molecule has 0 radical (unpaired) electrons. The standard InChI is InChI=1S/C27H25FN2O2S/c1-18-9-10-19-14-21(26(29-24(19)13-18)25-8-4-12-33-25)16-30(17-23-7-3-11-32-23)27(31)20-5-2-6-22(28)15-20/h2,4-6,8-10,12-15,23H,3,7,11,16-17H2,1H3/t23-/m0/s1. The summed E-state index contributed by atoms with van der Waals surface area (Å²) < 4.78 is 19.7. The summed E-state index contributed by atoms with van der Waals surface area (Å²) >= 11 is 1.63. The van der Waals surface area contributed by atoms with Crippen molar-refractivity contribution in [2.24, 2.45) is 0 Å². The first-order valence-electron chi connectivity index (χ1n) is 11.2. The zero-order valence-electron chi connectivity index (χ0n) is 18.5. The minimum Gasteiger partial charge on any atom is -0.376 e. The van der Waals surface area contributed by atoms with E-state index in [0.29, 0.717) is 25.3 Å². The smallest absolute Gasteiger partial charge is 0.254 e. The third-order valence-electron chi connectivity index (χ3n) is 5.97. The third kappa shape index (κ3) is 4.82. The molecule has 1 aliphatic rings. The van der Waals surface area contributed by atoms with Crippen LogP contribution >= 0.6 is 11.3 Å². The van der Waals surface area contributed by atoms with E-state index in [1.807, 2.05) is 11.4 Å². The Balaban J connectivity index is 1.56. The van der Waals surface area contributed by atoms with Crippen molar-refractivity contribution in [3.63, 3.8) is 0 Å². The second-order valence-corrected chi connectivity index (χ2v) is 9.45. The molecule has 3 heterocycles. The molecule has 6 heteroatoms. The number of nitrogens with zero attached hydrogens (tertiary/aromatic N) is 2. The number of benzene rings is 2. The average molecular weight is 461 g/mol. The molecule has 5 rings (SSSR count). The van der Waals surface area contributed by atoms with Gasteiger partial charge in [-0.3, -0.25) is 4.79 Å². The molecule has 1 aliphatic heterocycles. The largest absolute Gasteiger partial charge is 0.376 e. The van der Waals surface area contributed by atoms with Gasteiger partial charge in [-0.2, -0.15) is 0 Å². The van der Waals surface area contributed by atoms with E-state index in [1.165, 1.54) is 12.1 Å². The van der Waals surface area contributed by atoms with E-state index in [0.717, 1.165) is 45.4 Å². The molecule has 0 N–H and O–H groups in total. The molecular weight excluding hydrogens is 435 g/mol. The second kappa shape index (κ2) is 9.41. The lowest BCUT2D eigenvalue weighted by atomic mass is 10.0. The average Bonchev–Trinajstić information content (AvgIpc) is 3.52. The van der Waals surface area contributed by atoms with Crippen molar-refractivity contribution < 1.29 is 13.9 Å². The molecule has 1 saturated heterocycles. The molecule has 1 amide bonds. The van der Waals surface area contributed by atoms with Gasteiger partial charge in [0.15, 0.2) is 0 Å².